The van der Waals surface area contributed by atoms with E-state index in [1.165, 1.54) is 0 Å². The molecule has 0 aliphatic carbocycles. The number of fused-ring (bicyclic) bond motifs is 1. The summed E-state index contributed by atoms with van der Waals surface area (Å²) in [5.41, 5.74) is 1.01. The molecule has 0 unspecified atom stereocenters. The van der Waals surface area contributed by atoms with Gasteiger partial charge in [0.25, 0.3) is 0 Å². The fourth-order valence-corrected chi connectivity index (χ4v) is 5.50. The Morgan fingerprint density at radius 1 is 1.03 bits per heavy atom. The summed E-state index contributed by atoms with van der Waals surface area (Å²) in [7, 11) is 0.349. The molecule has 3 aromatic rings. The summed E-state index contributed by atoms with van der Waals surface area (Å²) >= 11 is 0. The van der Waals surface area contributed by atoms with E-state index in [9.17, 15) is 8.42 Å². The zero-order chi connectivity index (χ0) is 21.1. The van der Waals surface area contributed by atoms with Crippen LogP contribution in [0, 0.1) is 5.92 Å². The molecule has 1 fully saturated rings. The highest BCUT2D eigenvalue weighted by Gasteiger charge is 2.23. The van der Waals surface area contributed by atoms with Crippen molar-refractivity contribution >= 4 is 26.5 Å². The smallest absolute Gasteiger partial charge is 0.241 e. The van der Waals surface area contributed by atoms with Crippen molar-refractivity contribution in [1.82, 2.24) is 9.62 Å². The van der Waals surface area contributed by atoms with Gasteiger partial charge in [0.15, 0.2) is 0 Å². The van der Waals surface area contributed by atoms with Crippen molar-refractivity contribution in [1.29, 1.82) is 0 Å². The molecule has 0 saturated carbocycles. The zero-order valence-corrected chi connectivity index (χ0v) is 18.4. The van der Waals surface area contributed by atoms with Crippen molar-refractivity contribution in [2.24, 2.45) is 5.92 Å². The van der Waals surface area contributed by atoms with E-state index in [0.717, 1.165) is 54.7 Å². The van der Waals surface area contributed by atoms with E-state index in [1.807, 2.05) is 61.5 Å². The molecule has 0 atom stereocenters. The lowest BCUT2D eigenvalue weighted by molar-refractivity contribution is 0.168. The SMILES string of the molecule is CN(C)c1cccc2c(S(=O)(=O)NCC3CCN(Cc4ccco4)CC3)cccc12. The number of furan rings is 1. The molecule has 1 aromatic heterocycles. The molecule has 1 aliphatic rings. The van der Waals surface area contributed by atoms with Gasteiger partial charge in [0.05, 0.1) is 17.7 Å². The zero-order valence-electron chi connectivity index (χ0n) is 17.5. The first-order chi connectivity index (χ1) is 14.4. The number of nitrogens with zero attached hydrogens (tertiary/aromatic N) is 2. The highest BCUT2D eigenvalue weighted by Crippen LogP contribution is 2.30. The fraction of sp³-hybridized carbons (Fsp3) is 0.391. The quantitative estimate of drug-likeness (QED) is 0.623. The molecule has 30 heavy (non-hydrogen) atoms. The lowest BCUT2D eigenvalue weighted by Crippen LogP contribution is -2.38. The molecule has 160 valence electrons. The third kappa shape index (κ3) is 4.53. The van der Waals surface area contributed by atoms with Crippen LogP contribution >= 0.6 is 0 Å². The first-order valence-corrected chi connectivity index (χ1v) is 11.9. The van der Waals surface area contributed by atoms with Gasteiger partial charge in [-0.05, 0) is 56.1 Å². The Hall–Kier alpha value is -2.35. The minimum atomic E-state index is -3.58. The first-order valence-electron chi connectivity index (χ1n) is 10.4. The van der Waals surface area contributed by atoms with E-state index in [2.05, 4.69) is 9.62 Å². The first kappa shape index (κ1) is 20.9. The van der Waals surface area contributed by atoms with Crippen LogP contribution in [0.2, 0.25) is 0 Å². The van der Waals surface area contributed by atoms with Gasteiger partial charge in [0.2, 0.25) is 10.0 Å². The molecule has 0 radical (unpaired) electrons. The number of rotatable bonds is 7. The standard InChI is InChI=1S/C23H29N3O3S/c1-25(2)22-9-3-8-21-20(22)7-4-10-23(21)30(27,28)24-16-18-11-13-26(14-12-18)17-19-6-5-15-29-19/h3-10,15,18,24H,11-14,16-17H2,1-2H3. The average molecular weight is 428 g/mol. The molecule has 0 spiro atoms. The Labute approximate surface area is 178 Å². The third-order valence-electron chi connectivity index (χ3n) is 5.86. The van der Waals surface area contributed by atoms with E-state index in [4.69, 9.17) is 4.42 Å². The minimum absolute atomic E-state index is 0.346. The maximum absolute atomic E-state index is 13.1. The maximum atomic E-state index is 13.1. The van der Waals surface area contributed by atoms with E-state index in [1.54, 1.807) is 12.3 Å². The molecule has 4 rings (SSSR count). The summed E-state index contributed by atoms with van der Waals surface area (Å²) in [5, 5.41) is 1.70. The van der Waals surface area contributed by atoms with Gasteiger partial charge in [-0.2, -0.15) is 0 Å². The lowest BCUT2D eigenvalue weighted by Gasteiger charge is -2.31. The molecule has 7 heteroatoms. The van der Waals surface area contributed by atoms with Gasteiger partial charge >= 0.3 is 0 Å². The van der Waals surface area contributed by atoms with E-state index < -0.39 is 10.0 Å². The Morgan fingerprint density at radius 2 is 1.77 bits per heavy atom. The Balaban J connectivity index is 1.41. The molecule has 2 heterocycles. The monoisotopic (exact) mass is 427 g/mol. The van der Waals surface area contributed by atoms with Gasteiger partial charge in [0, 0.05) is 37.1 Å². The molecule has 1 aliphatic heterocycles. The van der Waals surface area contributed by atoms with Crippen LogP contribution in [-0.2, 0) is 16.6 Å². The maximum Gasteiger partial charge on any atom is 0.241 e. The predicted octanol–water partition coefficient (Wildman–Crippen LogP) is 3.69. The number of anilines is 1. The largest absolute Gasteiger partial charge is 0.468 e. The van der Waals surface area contributed by atoms with Crippen LogP contribution in [0.1, 0.15) is 18.6 Å². The summed E-state index contributed by atoms with van der Waals surface area (Å²) in [6, 6.07) is 15.2. The molecule has 6 nitrogen and oxygen atoms in total. The number of likely N-dealkylation sites (tertiary alicyclic amines) is 1. The summed E-state index contributed by atoms with van der Waals surface area (Å²) < 4.78 is 34.5. The summed E-state index contributed by atoms with van der Waals surface area (Å²) in [6.45, 7) is 3.19. The number of hydrogen-bond donors (Lipinski definition) is 1. The summed E-state index contributed by atoms with van der Waals surface area (Å²) in [6.07, 6.45) is 3.65. The van der Waals surface area contributed by atoms with E-state index in [0.29, 0.717) is 17.4 Å². The second-order valence-electron chi connectivity index (χ2n) is 8.17. The highest BCUT2D eigenvalue weighted by atomic mass is 32.2. The number of nitrogens with one attached hydrogen (secondary N) is 1. The van der Waals surface area contributed by atoms with Crippen LogP contribution in [0.5, 0.6) is 0 Å². The van der Waals surface area contributed by atoms with Crippen LogP contribution in [0.25, 0.3) is 10.8 Å². The van der Waals surface area contributed by atoms with Crippen molar-refractivity contribution in [3.05, 3.63) is 60.6 Å². The molecule has 2 aromatic carbocycles. The Kier molecular flexibility index (Phi) is 6.13. The molecular weight excluding hydrogens is 398 g/mol. The topological polar surface area (TPSA) is 65.8 Å². The summed E-state index contributed by atoms with van der Waals surface area (Å²) in [5.74, 6) is 1.32. The van der Waals surface area contributed by atoms with Crippen molar-refractivity contribution < 1.29 is 12.8 Å². The molecule has 0 bridgehead atoms. The fourth-order valence-electron chi connectivity index (χ4n) is 4.17. The minimum Gasteiger partial charge on any atom is -0.468 e. The predicted molar refractivity (Wildman–Crippen MR) is 120 cm³/mol. The molecule has 0 amide bonds. The van der Waals surface area contributed by atoms with Gasteiger partial charge in [0.1, 0.15) is 5.76 Å². The van der Waals surface area contributed by atoms with Crippen LogP contribution in [-0.4, -0.2) is 47.0 Å². The van der Waals surface area contributed by atoms with E-state index >= 15 is 0 Å². The van der Waals surface area contributed by atoms with Crippen molar-refractivity contribution in [3.63, 3.8) is 0 Å². The van der Waals surface area contributed by atoms with Gasteiger partial charge in [-0.3, -0.25) is 4.90 Å². The van der Waals surface area contributed by atoms with Gasteiger partial charge in [-0.1, -0.05) is 24.3 Å². The third-order valence-corrected chi connectivity index (χ3v) is 7.34. The van der Waals surface area contributed by atoms with Crippen molar-refractivity contribution in [2.75, 3.05) is 38.6 Å². The number of hydrogen-bond acceptors (Lipinski definition) is 5. The molecule has 1 N–H and O–H groups in total. The number of sulfonamides is 1. The van der Waals surface area contributed by atoms with Crippen LogP contribution in [0.4, 0.5) is 5.69 Å². The summed E-state index contributed by atoms with van der Waals surface area (Å²) in [4.78, 5) is 4.71. The lowest BCUT2D eigenvalue weighted by atomic mass is 9.97. The van der Waals surface area contributed by atoms with Gasteiger partial charge in [-0.15, -0.1) is 0 Å². The Bertz CT molecular complexity index is 1090. The van der Waals surface area contributed by atoms with Crippen LogP contribution in [0.15, 0.2) is 64.1 Å². The second kappa shape index (κ2) is 8.79. The average Bonchev–Trinajstić information content (AvgIpc) is 3.25. The Morgan fingerprint density at radius 3 is 2.47 bits per heavy atom. The molecule has 1 saturated heterocycles. The number of benzene rings is 2. The van der Waals surface area contributed by atoms with Crippen molar-refractivity contribution in [3.8, 4) is 0 Å². The van der Waals surface area contributed by atoms with Crippen LogP contribution in [0.3, 0.4) is 0 Å². The number of piperidine rings is 1. The second-order valence-corrected chi connectivity index (χ2v) is 9.91. The van der Waals surface area contributed by atoms with Crippen LogP contribution < -0.4 is 9.62 Å². The van der Waals surface area contributed by atoms with Gasteiger partial charge < -0.3 is 9.32 Å². The molecular formula is C23H29N3O3S. The normalized spacial score (nSPS) is 16.2. The van der Waals surface area contributed by atoms with Crippen molar-refractivity contribution in [2.45, 2.75) is 24.3 Å². The van der Waals surface area contributed by atoms with Gasteiger partial charge in [-0.25, -0.2) is 13.1 Å². The van der Waals surface area contributed by atoms with E-state index in [-0.39, 0.29) is 0 Å². The highest BCUT2D eigenvalue weighted by molar-refractivity contribution is 7.89.